The Labute approximate surface area is 193 Å². The van der Waals surface area contributed by atoms with Crippen molar-refractivity contribution in [2.24, 2.45) is 0 Å². The molecule has 0 aliphatic heterocycles. The van der Waals surface area contributed by atoms with Crippen molar-refractivity contribution in [1.82, 2.24) is 9.55 Å². The fraction of sp³-hybridized carbons (Fsp3) is 0.300. The summed E-state index contributed by atoms with van der Waals surface area (Å²) in [7, 11) is 0. The molecule has 164 valence electrons. The van der Waals surface area contributed by atoms with E-state index in [-0.39, 0.29) is 0 Å². The molecule has 0 radical (unpaired) electrons. The van der Waals surface area contributed by atoms with Crippen molar-refractivity contribution in [3.05, 3.63) is 95.3 Å². The van der Waals surface area contributed by atoms with Gasteiger partial charge in [-0.25, -0.2) is 4.98 Å². The Balaban J connectivity index is 1.79. The minimum atomic E-state index is 0.994. The summed E-state index contributed by atoms with van der Waals surface area (Å²) in [6, 6.07) is 22.2. The second-order valence-corrected chi connectivity index (χ2v) is 8.91. The van der Waals surface area contributed by atoms with Gasteiger partial charge in [-0.15, -0.1) is 0 Å². The third-order valence-corrected chi connectivity index (χ3v) is 6.32. The van der Waals surface area contributed by atoms with Crippen molar-refractivity contribution in [2.75, 3.05) is 0 Å². The van der Waals surface area contributed by atoms with E-state index < -0.39 is 0 Å². The molecule has 2 nitrogen and oxygen atoms in total. The predicted molar refractivity (Wildman–Crippen MR) is 136 cm³/mol. The van der Waals surface area contributed by atoms with E-state index in [4.69, 9.17) is 4.98 Å². The summed E-state index contributed by atoms with van der Waals surface area (Å²) in [6.45, 7) is 8.78. The first kappa shape index (κ1) is 22.1. The van der Waals surface area contributed by atoms with Gasteiger partial charge < -0.3 is 0 Å². The van der Waals surface area contributed by atoms with Crippen LogP contribution in [0.5, 0.6) is 0 Å². The first-order valence-corrected chi connectivity index (χ1v) is 11.9. The highest BCUT2D eigenvalue weighted by molar-refractivity contribution is 5.75. The molecular weight excluding hydrogens is 388 g/mol. The minimum Gasteiger partial charge on any atom is -0.299 e. The maximum absolute atomic E-state index is 4.78. The third-order valence-electron chi connectivity index (χ3n) is 6.32. The molecule has 4 rings (SSSR count). The zero-order valence-electron chi connectivity index (χ0n) is 19.9. The van der Waals surface area contributed by atoms with Crippen molar-refractivity contribution in [2.45, 2.75) is 59.8 Å². The molecule has 0 amide bonds. The van der Waals surface area contributed by atoms with Gasteiger partial charge in [0.25, 0.3) is 0 Å². The van der Waals surface area contributed by atoms with Crippen molar-refractivity contribution >= 4 is 0 Å². The van der Waals surface area contributed by atoms with E-state index in [1.807, 2.05) is 6.20 Å². The lowest BCUT2D eigenvalue weighted by atomic mass is 9.93. The predicted octanol–water partition coefficient (Wildman–Crippen LogP) is 8.25. The Hall–Kier alpha value is -3.13. The van der Waals surface area contributed by atoms with Crippen LogP contribution >= 0.6 is 0 Å². The van der Waals surface area contributed by atoms with Crippen LogP contribution in [0, 0.1) is 20.8 Å². The van der Waals surface area contributed by atoms with Gasteiger partial charge in [0.05, 0.1) is 5.69 Å². The number of unbranched alkanes of at least 4 members (excludes halogenated alkanes) is 3. The fourth-order valence-corrected chi connectivity index (χ4v) is 4.64. The lowest BCUT2D eigenvalue weighted by Gasteiger charge is -2.16. The first-order valence-electron chi connectivity index (χ1n) is 11.9. The molecule has 32 heavy (non-hydrogen) atoms. The van der Waals surface area contributed by atoms with Crippen LogP contribution in [0.25, 0.3) is 28.2 Å². The SMILES string of the molecule is CCCCCCc1ccc(-c2nccn2-c2c(C)cccc2C)cc1-c1cccc(C)c1. The van der Waals surface area contributed by atoms with Crippen LogP contribution in [0.3, 0.4) is 0 Å². The molecule has 0 spiro atoms. The zero-order chi connectivity index (χ0) is 22.5. The number of aromatic nitrogens is 2. The number of aryl methyl sites for hydroxylation is 4. The van der Waals surface area contributed by atoms with E-state index in [2.05, 4.69) is 99.1 Å². The molecule has 0 atom stereocenters. The summed E-state index contributed by atoms with van der Waals surface area (Å²) >= 11 is 0. The summed E-state index contributed by atoms with van der Waals surface area (Å²) in [4.78, 5) is 4.78. The first-order chi connectivity index (χ1) is 15.6. The molecular formula is C30H34N2. The number of para-hydroxylation sites is 1. The number of hydrogen-bond acceptors (Lipinski definition) is 1. The summed E-state index contributed by atoms with van der Waals surface area (Å²) in [5, 5.41) is 0. The normalized spacial score (nSPS) is 11.1. The number of hydrogen-bond donors (Lipinski definition) is 0. The summed E-state index contributed by atoms with van der Waals surface area (Å²) < 4.78 is 2.24. The van der Waals surface area contributed by atoms with Crippen molar-refractivity contribution in [3.8, 4) is 28.2 Å². The fourth-order valence-electron chi connectivity index (χ4n) is 4.64. The van der Waals surface area contributed by atoms with Crippen molar-refractivity contribution in [1.29, 1.82) is 0 Å². The van der Waals surface area contributed by atoms with E-state index in [1.54, 1.807) is 0 Å². The molecule has 3 aromatic carbocycles. The van der Waals surface area contributed by atoms with Gasteiger partial charge in [0.15, 0.2) is 0 Å². The van der Waals surface area contributed by atoms with Crippen LogP contribution < -0.4 is 0 Å². The van der Waals surface area contributed by atoms with E-state index in [0.717, 1.165) is 17.8 Å². The maximum atomic E-state index is 4.78. The largest absolute Gasteiger partial charge is 0.299 e. The van der Waals surface area contributed by atoms with E-state index in [1.165, 1.54) is 64.8 Å². The molecule has 1 aromatic heterocycles. The molecule has 4 aromatic rings. The lowest BCUT2D eigenvalue weighted by Crippen LogP contribution is -2.02. The molecule has 0 aliphatic rings. The second-order valence-electron chi connectivity index (χ2n) is 8.91. The molecule has 0 aliphatic carbocycles. The zero-order valence-corrected chi connectivity index (χ0v) is 19.9. The molecule has 0 N–H and O–H groups in total. The quantitative estimate of drug-likeness (QED) is 0.261. The molecule has 0 saturated carbocycles. The summed E-state index contributed by atoms with van der Waals surface area (Å²) in [5.74, 6) is 0.994. The van der Waals surface area contributed by atoms with Gasteiger partial charge in [-0.2, -0.15) is 0 Å². The highest BCUT2D eigenvalue weighted by Gasteiger charge is 2.14. The van der Waals surface area contributed by atoms with E-state index >= 15 is 0 Å². The van der Waals surface area contributed by atoms with E-state index in [9.17, 15) is 0 Å². The monoisotopic (exact) mass is 422 g/mol. The molecule has 0 fully saturated rings. The Morgan fingerprint density at radius 2 is 1.56 bits per heavy atom. The van der Waals surface area contributed by atoms with Crippen molar-refractivity contribution in [3.63, 3.8) is 0 Å². The molecule has 2 heteroatoms. The van der Waals surface area contributed by atoms with Crippen LogP contribution in [0.2, 0.25) is 0 Å². The standard InChI is InChI=1S/C30H34N2/c1-5-6-7-8-14-25-16-17-27(21-28(25)26-15-9-11-22(2)20-26)30-31-18-19-32(30)29-23(3)12-10-13-24(29)4/h9-13,15-21H,5-8,14H2,1-4H3. The van der Waals surface area contributed by atoms with Crippen LogP contribution in [-0.2, 0) is 6.42 Å². The summed E-state index contributed by atoms with van der Waals surface area (Å²) in [5.41, 5.74) is 10.3. The average Bonchev–Trinajstić information content (AvgIpc) is 3.26. The van der Waals surface area contributed by atoms with Gasteiger partial charge in [-0.3, -0.25) is 4.57 Å². The smallest absolute Gasteiger partial charge is 0.144 e. The Kier molecular flexibility index (Phi) is 6.90. The van der Waals surface area contributed by atoms with Gasteiger partial charge in [0, 0.05) is 18.0 Å². The second kappa shape index (κ2) is 9.99. The molecule has 1 heterocycles. The van der Waals surface area contributed by atoms with Crippen LogP contribution in [0.1, 0.15) is 54.9 Å². The average molecular weight is 423 g/mol. The Bertz CT molecular complexity index is 1180. The molecule has 0 bridgehead atoms. The number of nitrogens with zero attached hydrogens (tertiary/aromatic N) is 2. The van der Waals surface area contributed by atoms with Crippen LogP contribution in [-0.4, -0.2) is 9.55 Å². The van der Waals surface area contributed by atoms with Crippen LogP contribution in [0.15, 0.2) is 73.1 Å². The number of imidazole rings is 1. The van der Waals surface area contributed by atoms with Gasteiger partial charge >= 0.3 is 0 Å². The van der Waals surface area contributed by atoms with Gasteiger partial charge in [0.2, 0.25) is 0 Å². The number of benzene rings is 3. The highest BCUT2D eigenvalue weighted by Crippen LogP contribution is 2.32. The Morgan fingerprint density at radius 3 is 2.31 bits per heavy atom. The topological polar surface area (TPSA) is 17.8 Å². The maximum Gasteiger partial charge on any atom is 0.144 e. The van der Waals surface area contributed by atoms with Crippen molar-refractivity contribution < 1.29 is 0 Å². The number of rotatable bonds is 8. The third kappa shape index (κ3) is 4.70. The summed E-state index contributed by atoms with van der Waals surface area (Å²) in [6.07, 6.45) is 10.2. The van der Waals surface area contributed by atoms with Gasteiger partial charge in [-0.1, -0.05) is 86.3 Å². The molecule has 0 unspecified atom stereocenters. The molecule has 0 saturated heterocycles. The lowest BCUT2D eigenvalue weighted by molar-refractivity contribution is 0.667. The highest BCUT2D eigenvalue weighted by atomic mass is 15.1. The van der Waals surface area contributed by atoms with E-state index in [0.29, 0.717) is 0 Å². The van der Waals surface area contributed by atoms with Crippen LogP contribution in [0.4, 0.5) is 0 Å². The Morgan fingerprint density at radius 1 is 0.781 bits per heavy atom. The minimum absolute atomic E-state index is 0.994. The van der Waals surface area contributed by atoms with Gasteiger partial charge in [-0.05, 0) is 67.5 Å². The van der Waals surface area contributed by atoms with Gasteiger partial charge in [0.1, 0.15) is 5.82 Å².